The molecule has 0 fully saturated rings. The standard InChI is InChI=1S/C27H18ClNO2/c1-15-13-22-26(23(14-15)31-16(2)30)25-20-7-3-5-17-6-4-8-21(24(17)20)27(25)29(22)19-11-9-18(28)10-12-19/h3-14H,1-2H3. The number of hydrogen-bond donors (Lipinski definition) is 0. The smallest absolute Gasteiger partial charge is 0.308 e. The third kappa shape index (κ3) is 2.57. The molecule has 0 N–H and O–H groups in total. The molecule has 0 aliphatic heterocycles. The summed E-state index contributed by atoms with van der Waals surface area (Å²) in [5, 5.41) is 4.07. The number of benzene rings is 4. The van der Waals surface area contributed by atoms with Gasteiger partial charge in [0.1, 0.15) is 5.75 Å². The van der Waals surface area contributed by atoms with E-state index in [-0.39, 0.29) is 5.97 Å². The number of ether oxygens (including phenoxy) is 1. The zero-order chi connectivity index (χ0) is 21.3. The Kier molecular flexibility index (Phi) is 3.80. The zero-order valence-electron chi connectivity index (χ0n) is 17.1. The van der Waals surface area contributed by atoms with Crippen molar-refractivity contribution >= 4 is 39.2 Å². The summed E-state index contributed by atoms with van der Waals surface area (Å²) in [6.45, 7) is 3.46. The Hall–Kier alpha value is -3.56. The molecule has 1 aliphatic carbocycles. The quantitative estimate of drug-likeness (QED) is 0.216. The van der Waals surface area contributed by atoms with Gasteiger partial charge in [0.25, 0.3) is 0 Å². The number of fused-ring (bicyclic) bond motifs is 5. The molecule has 4 heteroatoms. The molecule has 0 saturated carbocycles. The summed E-state index contributed by atoms with van der Waals surface area (Å²) in [6.07, 6.45) is 0. The Bertz CT molecular complexity index is 1540. The molecule has 31 heavy (non-hydrogen) atoms. The molecule has 0 saturated heterocycles. The van der Waals surface area contributed by atoms with E-state index in [1.807, 2.05) is 37.3 Å². The van der Waals surface area contributed by atoms with Crippen LogP contribution in [-0.2, 0) is 4.79 Å². The topological polar surface area (TPSA) is 31.2 Å². The molecule has 1 aliphatic rings. The molecule has 0 atom stereocenters. The molecule has 6 rings (SSSR count). The van der Waals surface area contributed by atoms with Crippen molar-refractivity contribution in [3.63, 3.8) is 0 Å². The van der Waals surface area contributed by atoms with Gasteiger partial charge in [-0.1, -0.05) is 48.0 Å². The SMILES string of the molecule is CC(=O)Oc1cc(C)cc2c1c1c(n2-c2ccc(Cl)cc2)-c2cccc3cccc-1c23. The van der Waals surface area contributed by atoms with Crippen LogP contribution < -0.4 is 4.74 Å². The van der Waals surface area contributed by atoms with E-state index in [0.29, 0.717) is 10.8 Å². The monoisotopic (exact) mass is 423 g/mol. The minimum absolute atomic E-state index is 0.325. The van der Waals surface area contributed by atoms with Gasteiger partial charge in [0, 0.05) is 28.8 Å². The second kappa shape index (κ2) is 6.47. The van der Waals surface area contributed by atoms with Gasteiger partial charge < -0.3 is 9.30 Å². The first-order valence-corrected chi connectivity index (χ1v) is 10.6. The Morgan fingerprint density at radius 3 is 2.32 bits per heavy atom. The van der Waals surface area contributed by atoms with Crippen molar-refractivity contribution in [1.82, 2.24) is 4.57 Å². The number of carbonyl (C=O) groups is 1. The summed E-state index contributed by atoms with van der Waals surface area (Å²) in [5.74, 6) is 0.268. The van der Waals surface area contributed by atoms with Crippen molar-refractivity contribution in [2.45, 2.75) is 13.8 Å². The van der Waals surface area contributed by atoms with Gasteiger partial charge in [-0.15, -0.1) is 0 Å². The van der Waals surface area contributed by atoms with Gasteiger partial charge in [0.2, 0.25) is 0 Å². The first-order chi connectivity index (χ1) is 15.0. The molecule has 1 heterocycles. The molecule has 3 nitrogen and oxygen atoms in total. The van der Waals surface area contributed by atoms with E-state index in [4.69, 9.17) is 16.3 Å². The highest BCUT2D eigenvalue weighted by Crippen LogP contribution is 2.54. The fourth-order valence-electron chi connectivity index (χ4n) is 4.87. The first kappa shape index (κ1) is 18.2. The van der Waals surface area contributed by atoms with Gasteiger partial charge in [-0.25, -0.2) is 0 Å². The predicted molar refractivity (Wildman–Crippen MR) is 126 cm³/mol. The normalized spacial score (nSPS) is 11.8. The molecule has 0 radical (unpaired) electrons. The van der Waals surface area contributed by atoms with Crippen molar-refractivity contribution in [3.8, 4) is 33.8 Å². The maximum atomic E-state index is 11.9. The van der Waals surface area contributed by atoms with E-state index >= 15 is 0 Å². The summed E-state index contributed by atoms with van der Waals surface area (Å²) < 4.78 is 7.98. The van der Waals surface area contributed by atoms with E-state index in [2.05, 4.69) is 47.0 Å². The maximum Gasteiger partial charge on any atom is 0.308 e. The fraction of sp³-hybridized carbons (Fsp3) is 0.0741. The van der Waals surface area contributed by atoms with Crippen LogP contribution in [0.5, 0.6) is 5.75 Å². The Balaban J connectivity index is 1.84. The zero-order valence-corrected chi connectivity index (χ0v) is 17.8. The molecule has 0 unspecified atom stereocenters. The average Bonchev–Trinajstić information content (AvgIpc) is 3.23. The van der Waals surface area contributed by atoms with Crippen molar-refractivity contribution in [2.75, 3.05) is 0 Å². The molecule has 1 aromatic heterocycles. The summed E-state index contributed by atoms with van der Waals surface area (Å²) in [7, 11) is 0. The lowest BCUT2D eigenvalue weighted by molar-refractivity contribution is -0.131. The summed E-state index contributed by atoms with van der Waals surface area (Å²) >= 11 is 6.19. The number of esters is 1. The average molecular weight is 424 g/mol. The van der Waals surface area contributed by atoms with Crippen LogP contribution in [0, 0.1) is 6.92 Å². The highest BCUT2D eigenvalue weighted by Gasteiger charge is 2.31. The molecular weight excluding hydrogens is 406 g/mol. The summed E-state index contributed by atoms with van der Waals surface area (Å²) in [6, 6.07) is 24.7. The lowest BCUT2D eigenvalue weighted by Crippen LogP contribution is -2.02. The second-order valence-electron chi connectivity index (χ2n) is 8.00. The Morgan fingerprint density at radius 2 is 1.61 bits per heavy atom. The second-order valence-corrected chi connectivity index (χ2v) is 8.43. The van der Waals surface area contributed by atoms with Crippen LogP contribution in [0.4, 0.5) is 0 Å². The molecule has 4 aromatic carbocycles. The van der Waals surface area contributed by atoms with Crippen molar-refractivity contribution < 1.29 is 9.53 Å². The van der Waals surface area contributed by atoms with Crippen LogP contribution in [-0.4, -0.2) is 10.5 Å². The number of aryl methyl sites for hydroxylation is 1. The van der Waals surface area contributed by atoms with Crippen molar-refractivity contribution in [1.29, 1.82) is 0 Å². The van der Waals surface area contributed by atoms with Gasteiger partial charge in [0.15, 0.2) is 0 Å². The number of carbonyl (C=O) groups excluding carboxylic acids is 1. The fourth-order valence-corrected chi connectivity index (χ4v) is 5.00. The molecule has 5 aromatic rings. The number of aromatic nitrogens is 1. The van der Waals surface area contributed by atoms with Gasteiger partial charge >= 0.3 is 5.97 Å². The molecular formula is C27H18ClNO2. The lowest BCUT2D eigenvalue weighted by Gasteiger charge is -2.13. The largest absolute Gasteiger partial charge is 0.426 e. The first-order valence-electron chi connectivity index (χ1n) is 10.2. The molecule has 0 bridgehead atoms. The summed E-state index contributed by atoms with van der Waals surface area (Å²) in [5.41, 5.74) is 7.62. The molecule has 150 valence electrons. The molecule has 0 spiro atoms. The highest BCUT2D eigenvalue weighted by atomic mass is 35.5. The summed E-state index contributed by atoms with van der Waals surface area (Å²) in [4.78, 5) is 11.9. The minimum atomic E-state index is -0.325. The van der Waals surface area contributed by atoms with Gasteiger partial charge in [-0.3, -0.25) is 4.79 Å². The van der Waals surface area contributed by atoms with Gasteiger partial charge in [-0.05, 0) is 65.2 Å². The number of rotatable bonds is 2. The Labute approximate surface area is 184 Å². The van der Waals surface area contributed by atoms with Crippen LogP contribution in [0.2, 0.25) is 5.02 Å². The van der Waals surface area contributed by atoms with E-state index in [9.17, 15) is 4.79 Å². The minimum Gasteiger partial charge on any atom is -0.426 e. The van der Waals surface area contributed by atoms with Crippen LogP contribution >= 0.6 is 11.6 Å². The van der Waals surface area contributed by atoms with Crippen LogP contribution in [0.25, 0.3) is 49.7 Å². The van der Waals surface area contributed by atoms with Gasteiger partial charge in [-0.2, -0.15) is 0 Å². The number of nitrogens with zero attached hydrogens (tertiary/aromatic N) is 1. The maximum absolute atomic E-state index is 11.9. The van der Waals surface area contributed by atoms with Crippen LogP contribution in [0.3, 0.4) is 0 Å². The Morgan fingerprint density at radius 1 is 0.903 bits per heavy atom. The van der Waals surface area contributed by atoms with E-state index in [1.54, 1.807) is 0 Å². The van der Waals surface area contributed by atoms with Crippen molar-refractivity contribution in [3.05, 3.63) is 83.4 Å². The number of halogens is 1. The van der Waals surface area contributed by atoms with Crippen LogP contribution in [0.1, 0.15) is 12.5 Å². The highest BCUT2D eigenvalue weighted by molar-refractivity contribution is 6.30. The molecule has 0 amide bonds. The van der Waals surface area contributed by atoms with Crippen LogP contribution in [0.15, 0.2) is 72.8 Å². The van der Waals surface area contributed by atoms with Crippen molar-refractivity contribution in [2.24, 2.45) is 0 Å². The van der Waals surface area contributed by atoms with E-state index in [1.165, 1.54) is 23.3 Å². The van der Waals surface area contributed by atoms with Gasteiger partial charge in [0.05, 0.1) is 16.6 Å². The van der Waals surface area contributed by atoms with E-state index in [0.717, 1.165) is 39.0 Å². The third-order valence-corrected chi connectivity index (χ3v) is 6.20. The van der Waals surface area contributed by atoms with E-state index < -0.39 is 0 Å². The predicted octanol–water partition coefficient (Wildman–Crippen LogP) is 7.32. The third-order valence-electron chi connectivity index (χ3n) is 5.94. The number of hydrogen-bond acceptors (Lipinski definition) is 2. The lowest BCUT2D eigenvalue weighted by atomic mass is 10.0.